The molecule has 138 valence electrons. The van der Waals surface area contributed by atoms with Gasteiger partial charge in [0.2, 0.25) is 0 Å². The van der Waals surface area contributed by atoms with Crippen molar-refractivity contribution in [1.29, 1.82) is 0 Å². The van der Waals surface area contributed by atoms with E-state index in [1.54, 1.807) is 79.8 Å². The second kappa shape index (κ2) is 7.00. The maximum absolute atomic E-state index is 12.5. The normalized spacial score (nSPS) is 12.7. The molecule has 6 nitrogen and oxygen atoms in total. The minimum Gasteiger partial charge on any atom is -0.457 e. The van der Waals surface area contributed by atoms with Crippen molar-refractivity contribution in [3.63, 3.8) is 0 Å². The molecule has 3 amide bonds. The third-order valence-electron chi connectivity index (χ3n) is 4.45. The Hall–Kier alpha value is -3.93. The first-order valence-electron chi connectivity index (χ1n) is 8.66. The van der Waals surface area contributed by atoms with E-state index in [1.165, 1.54) is 0 Å². The molecule has 3 aromatic carbocycles. The lowest BCUT2D eigenvalue weighted by Crippen LogP contribution is -2.29. The molecule has 0 radical (unpaired) electrons. The summed E-state index contributed by atoms with van der Waals surface area (Å²) < 4.78 is 5.78. The number of carbonyl (C=O) groups is 3. The monoisotopic (exact) mass is 372 g/mol. The van der Waals surface area contributed by atoms with Gasteiger partial charge in [0, 0.05) is 12.6 Å². The molecule has 0 fully saturated rings. The molecule has 1 aliphatic rings. The molecule has 3 aromatic rings. The third-order valence-corrected chi connectivity index (χ3v) is 4.45. The minimum atomic E-state index is -0.340. The highest BCUT2D eigenvalue weighted by Crippen LogP contribution is 2.30. The molecule has 0 unspecified atom stereocenters. The van der Waals surface area contributed by atoms with Crippen molar-refractivity contribution in [3.05, 3.63) is 89.5 Å². The zero-order valence-corrected chi connectivity index (χ0v) is 15.0. The summed E-state index contributed by atoms with van der Waals surface area (Å²) in [5, 5.41) is 2.56. The van der Waals surface area contributed by atoms with Gasteiger partial charge in [-0.2, -0.15) is 0 Å². The topological polar surface area (TPSA) is 75.7 Å². The van der Waals surface area contributed by atoms with E-state index in [4.69, 9.17) is 4.74 Å². The summed E-state index contributed by atoms with van der Waals surface area (Å²) >= 11 is 0. The fraction of sp³-hybridized carbons (Fsp3) is 0.0455. The maximum atomic E-state index is 12.5. The van der Waals surface area contributed by atoms with Crippen LogP contribution in [0.3, 0.4) is 0 Å². The predicted molar refractivity (Wildman–Crippen MR) is 104 cm³/mol. The first-order valence-corrected chi connectivity index (χ1v) is 8.66. The van der Waals surface area contributed by atoms with Crippen molar-refractivity contribution in [2.24, 2.45) is 0 Å². The number of amides is 3. The van der Waals surface area contributed by atoms with E-state index in [-0.39, 0.29) is 17.7 Å². The van der Waals surface area contributed by atoms with Crippen LogP contribution in [0, 0.1) is 0 Å². The van der Waals surface area contributed by atoms with E-state index >= 15 is 0 Å². The van der Waals surface area contributed by atoms with Gasteiger partial charge in [-0.25, -0.2) is 4.90 Å². The summed E-state index contributed by atoms with van der Waals surface area (Å²) in [6.45, 7) is 0. The van der Waals surface area contributed by atoms with Crippen molar-refractivity contribution in [1.82, 2.24) is 5.32 Å². The van der Waals surface area contributed by atoms with Gasteiger partial charge in [-0.1, -0.05) is 18.2 Å². The van der Waals surface area contributed by atoms with Gasteiger partial charge in [0.25, 0.3) is 17.7 Å². The molecule has 1 heterocycles. The zero-order valence-electron chi connectivity index (χ0n) is 15.0. The molecule has 0 aromatic heterocycles. The average molecular weight is 372 g/mol. The van der Waals surface area contributed by atoms with Gasteiger partial charge in [0.1, 0.15) is 11.5 Å². The fourth-order valence-corrected chi connectivity index (χ4v) is 3.07. The molecule has 28 heavy (non-hydrogen) atoms. The number of anilines is 1. The number of ether oxygens (including phenoxy) is 1. The Labute approximate surface area is 161 Å². The minimum absolute atomic E-state index is 0.202. The Kier molecular flexibility index (Phi) is 4.37. The van der Waals surface area contributed by atoms with Crippen molar-refractivity contribution in [2.75, 3.05) is 11.9 Å². The standard InChI is InChI=1S/C22H16N2O4/c1-23-20(25)14-5-4-6-17(13-14)28-16-11-9-15(10-12-16)24-21(26)18-7-2-3-8-19(18)22(24)27/h2-13H,1H3,(H,23,25). The SMILES string of the molecule is CNC(=O)c1cccc(Oc2ccc(N3C(=O)c4ccccc4C3=O)cc2)c1. The van der Waals surface area contributed by atoms with Crippen LogP contribution < -0.4 is 15.0 Å². The van der Waals surface area contributed by atoms with E-state index in [0.717, 1.165) is 4.90 Å². The highest BCUT2D eigenvalue weighted by molar-refractivity contribution is 6.34. The number of nitrogens with one attached hydrogen (secondary N) is 1. The van der Waals surface area contributed by atoms with E-state index in [2.05, 4.69) is 5.32 Å². The van der Waals surface area contributed by atoms with Crippen molar-refractivity contribution in [2.45, 2.75) is 0 Å². The van der Waals surface area contributed by atoms with Crippen LogP contribution in [0.15, 0.2) is 72.8 Å². The molecule has 1 N–H and O–H groups in total. The molecule has 1 aliphatic heterocycles. The summed E-state index contributed by atoms with van der Waals surface area (Å²) in [6.07, 6.45) is 0. The lowest BCUT2D eigenvalue weighted by molar-refractivity contribution is 0.0923. The molecule has 0 atom stereocenters. The molecule has 0 aliphatic carbocycles. The molecule has 0 saturated carbocycles. The van der Waals surface area contributed by atoms with Crippen LogP contribution in [0.2, 0.25) is 0 Å². The molecule has 4 rings (SSSR count). The quantitative estimate of drug-likeness (QED) is 0.710. The highest BCUT2D eigenvalue weighted by Gasteiger charge is 2.36. The summed E-state index contributed by atoms with van der Waals surface area (Å²) in [5.41, 5.74) is 1.76. The molecular weight excluding hydrogens is 356 g/mol. The fourth-order valence-electron chi connectivity index (χ4n) is 3.07. The van der Waals surface area contributed by atoms with Gasteiger partial charge in [0.15, 0.2) is 0 Å². The number of fused-ring (bicyclic) bond motifs is 1. The first kappa shape index (κ1) is 17.5. The molecule has 0 saturated heterocycles. The molecule has 0 bridgehead atoms. The second-order valence-corrected chi connectivity index (χ2v) is 6.19. The number of imide groups is 1. The van der Waals surface area contributed by atoms with Gasteiger partial charge in [-0.3, -0.25) is 14.4 Å². The third kappa shape index (κ3) is 3.01. The van der Waals surface area contributed by atoms with Crippen LogP contribution in [0.25, 0.3) is 0 Å². The largest absolute Gasteiger partial charge is 0.457 e. The molecular formula is C22H16N2O4. The number of hydrogen-bond donors (Lipinski definition) is 1. The molecule has 6 heteroatoms. The Morgan fingerprint density at radius 3 is 2.07 bits per heavy atom. The first-order chi connectivity index (χ1) is 13.6. The molecule has 0 spiro atoms. The summed E-state index contributed by atoms with van der Waals surface area (Å²) in [5.74, 6) is 0.149. The summed E-state index contributed by atoms with van der Waals surface area (Å²) in [6, 6.07) is 20.2. The number of benzene rings is 3. The van der Waals surface area contributed by atoms with Gasteiger partial charge >= 0.3 is 0 Å². The predicted octanol–water partition coefficient (Wildman–Crippen LogP) is 3.64. The lowest BCUT2D eigenvalue weighted by Gasteiger charge is -2.14. The van der Waals surface area contributed by atoms with Gasteiger partial charge in [-0.05, 0) is 54.6 Å². The van der Waals surface area contributed by atoms with Gasteiger partial charge < -0.3 is 10.1 Å². The number of carbonyl (C=O) groups excluding carboxylic acids is 3. The van der Waals surface area contributed by atoms with Crippen molar-refractivity contribution < 1.29 is 19.1 Å². The zero-order chi connectivity index (χ0) is 19.7. The van der Waals surface area contributed by atoms with Crippen LogP contribution >= 0.6 is 0 Å². The van der Waals surface area contributed by atoms with Crippen LogP contribution in [0.5, 0.6) is 11.5 Å². The number of rotatable bonds is 4. The van der Waals surface area contributed by atoms with Crippen molar-refractivity contribution >= 4 is 23.4 Å². The Morgan fingerprint density at radius 1 is 0.821 bits per heavy atom. The van der Waals surface area contributed by atoms with E-state index < -0.39 is 0 Å². The van der Waals surface area contributed by atoms with Crippen LogP contribution in [0.4, 0.5) is 5.69 Å². The van der Waals surface area contributed by atoms with Crippen LogP contribution in [-0.4, -0.2) is 24.8 Å². The van der Waals surface area contributed by atoms with Gasteiger partial charge in [-0.15, -0.1) is 0 Å². The summed E-state index contributed by atoms with van der Waals surface area (Å²) in [4.78, 5) is 38.0. The van der Waals surface area contributed by atoms with E-state index in [1.807, 2.05) is 0 Å². The summed E-state index contributed by atoms with van der Waals surface area (Å²) in [7, 11) is 1.56. The number of nitrogens with zero attached hydrogens (tertiary/aromatic N) is 1. The Bertz CT molecular complexity index is 1050. The van der Waals surface area contributed by atoms with Crippen LogP contribution in [-0.2, 0) is 0 Å². The second-order valence-electron chi connectivity index (χ2n) is 6.19. The van der Waals surface area contributed by atoms with Crippen LogP contribution in [0.1, 0.15) is 31.1 Å². The Morgan fingerprint density at radius 2 is 1.46 bits per heavy atom. The maximum Gasteiger partial charge on any atom is 0.266 e. The average Bonchev–Trinajstić information content (AvgIpc) is 2.99. The van der Waals surface area contributed by atoms with E-state index in [0.29, 0.717) is 33.9 Å². The van der Waals surface area contributed by atoms with E-state index in [9.17, 15) is 14.4 Å². The highest BCUT2D eigenvalue weighted by atomic mass is 16.5. The van der Waals surface area contributed by atoms with Gasteiger partial charge in [0.05, 0.1) is 16.8 Å². The lowest BCUT2D eigenvalue weighted by atomic mass is 10.1. The van der Waals surface area contributed by atoms with Crippen molar-refractivity contribution in [3.8, 4) is 11.5 Å². The Balaban J connectivity index is 1.55. The smallest absolute Gasteiger partial charge is 0.266 e. The number of hydrogen-bond acceptors (Lipinski definition) is 4.